The number of hydrogen-bond donors (Lipinski definition) is 1. The van der Waals surface area contributed by atoms with E-state index in [2.05, 4.69) is 5.32 Å². The molecule has 0 bridgehead atoms. The fourth-order valence-corrected chi connectivity index (χ4v) is 3.67. The Morgan fingerprint density at radius 3 is 2.46 bits per heavy atom. The number of rotatable bonds is 3. The van der Waals surface area contributed by atoms with Crippen molar-refractivity contribution in [1.29, 1.82) is 0 Å². The van der Waals surface area contributed by atoms with E-state index in [9.17, 15) is 9.59 Å². The quantitative estimate of drug-likeness (QED) is 0.701. The van der Waals surface area contributed by atoms with E-state index in [-0.39, 0.29) is 18.2 Å². The monoisotopic (exact) mass is 410 g/mol. The van der Waals surface area contributed by atoms with E-state index >= 15 is 0 Å². The van der Waals surface area contributed by atoms with Crippen LogP contribution >= 0.6 is 34.8 Å². The number of nitrogens with zero attached hydrogens (tertiary/aromatic N) is 1. The van der Waals surface area contributed by atoms with Crippen molar-refractivity contribution in [2.75, 3.05) is 16.8 Å². The zero-order chi connectivity index (χ0) is 19.0. The molecule has 1 aliphatic rings. The summed E-state index contributed by atoms with van der Waals surface area (Å²) in [6.07, 6.45) is 0.151. The number of halogens is 3. The molecule has 1 saturated heterocycles. The summed E-state index contributed by atoms with van der Waals surface area (Å²) in [7, 11) is 0. The van der Waals surface area contributed by atoms with Gasteiger partial charge in [0, 0.05) is 18.7 Å². The molecule has 1 aliphatic heterocycles. The molecule has 0 aliphatic carbocycles. The first-order chi connectivity index (χ1) is 12.3. The summed E-state index contributed by atoms with van der Waals surface area (Å²) in [5, 5.41) is 3.65. The Labute approximate surface area is 167 Å². The van der Waals surface area contributed by atoms with Crippen LogP contribution < -0.4 is 10.2 Å². The third-order valence-corrected chi connectivity index (χ3v) is 5.44. The normalized spacial score (nSPS) is 16.9. The van der Waals surface area contributed by atoms with Gasteiger partial charge in [-0.2, -0.15) is 0 Å². The Morgan fingerprint density at radius 1 is 1.08 bits per heavy atom. The number of amides is 2. The molecule has 136 valence electrons. The smallest absolute Gasteiger partial charge is 0.229 e. The first-order valence-corrected chi connectivity index (χ1v) is 9.22. The van der Waals surface area contributed by atoms with Gasteiger partial charge in [-0.3, -0.25) is 9.59 Å². The van der Waals surface area contributed by atoms with Crippen molar-refractivity contribution in [3.05, 3.63) is 56.5 Å². The standard InChI is InChI=1S/C19H17Cl3N2O2/c1-10-3-4-17(11(2)5-10)24-9-12(6-18(24)25)19(26)23-16-8-14(21)13(20)7-15(16)22/h3-5,7-8,12H,6,9H2,1-2H3,(H,23,26). The zero-order valence-corrected chi connectivity index (χ0v) is 16.5. The Morgan fingerprint density at radius 2 is 1.77 bits per heavy atom. The molecule has 0 spiro atoms. The molecule has 2 amide bonds. The van der Waals surface area contributed by atoms with Crippen LogP contribution in [0.5, 0.6) is 0 Å². The van der Waals surface area contributed by atoms with E-state index in [1.54, 1.807) is 4.90 Å². The van der Waals surface area contributed by atoms with Crippen LogP contribution in [0.15, 0.2) is 30.3 Å². The number of benzene rings is 2. The summed E-state index contributed by atoms with van der Waals surface area (Å²) in [4.78, 5) is 26.7. The third-order valence-electron chi connectivity index (χ3n) is 4.41. The molecule has 1 heterocycles. The van der Waals surface area contributed by atoms with Gasteiger partial charge in [0.2, 0.25) is 11.8 Å². The molecular weight excluding hydrogens is 395 g/mol. The molecule has 0 aromatic heterocycles. The van der Waals surface area contributed by atoms with Gasteiger partial charge in [-0.05, 0) is 37.6 Å². The van der Waals surface area contributed by atoms with Gasteiger partial charge < -0.3 is 10.2 Å². The van der Waals surface area contributed by atoms with Crippen LogP contribution in [0.3, 0.4) is 0 Å². The molecule has 0 saturated carbocycles. The predicted molar refractivity (Wildman–Crippen MR) is 106 cm³/mol. The van der Waals surface area contributed by atoms with E-state index < -0.39 is 5.92 Å². The Kier molecular flexibility index (Phi) is 5.47. The van der Waals surface area contributed by atoms with Crippen LogP contribution in [0.4, 0.5) is 11.4 Å². The highest BCUT2D eigenvalue weighted by Gasteiger charge is 2.35. The van der Waals surface area contributed by atoms with Gasteiger partial charge >= 0.3 is 0 Å². The molecule has 1 fully saturated rings. The number of carbonyl (C=O) groups excluding carboxylic acids is 2. The van der Waals surface area contributed by atoms with E-state index in [1.807, 2.05) is 32.0 Å². The molecule has 0 radical (unpaired) electrons. The number of nitrogens with one attached hydrogen (secondary N) is 1. The lowest BCUT2D eigenvalue weighted by molar-refractivity contribution is -0.122. The Hall–Kier alpha value is -1.75. The summed E-state index contributed by atoms with van der Waals surface area (Å²) in [6.45, 7) is 4.28. The van der Waals surface area contributed by atoms with Gasteiger partial charge in [0.05, 0.1) is 26.7 Å². The molecule has 2 aromatic carbocycles. The van der Waals surface area contributed by atoms with Crippen molar-refractivity contribution >= 4 is 58.0 Å². The van der Waals surface area contributed by atoms with Crippen molar-refractivity contribution in [3.63, 3.8) is 0 Å². The molecular formula is C19H17Cl3N2O2. The topological polar surface area (TPSA) is 49.4 Å². The average molecular weight is 412 g/mol. The summed E-state index contributed by atoms with van der Waals surface area (Å²) in [5.74, 6) is -0.808. The number of anilines is 2. The first-order valence-electron chi connectivity index (χ1n) is 8.09. The van der Waals surface area contributed by atoms with Gasteiger partial charge in [-0.25, -0.2) is 0 Å². The van der Waals surface area contributed by atoms with Crippen molar-refractivity contribution in [1.82, 2.24) is 0 Å². The van der Waals surface area contributed by atoms with Crippen molar-refractivity contribution in [2.24, 2.45) is 5.92 Å². The molecule has 3 rings (SSSR count). The second kappa shape index (κ2) is 7.47. The minimum absolute atomic E-state index is 0.0719. The Balaban J connectivity index is 1.76. The second-order valence-corrected chi connectivity index (χ2v) is 7.65. The van der Waals surface area contributed by atoms with E-state index in [4.69, 9.17) is 34.8 Å². The molecule has 7 heteroatoms. The van der Waals surface area contributed by atoms with Crippen LogP contribution in [0, 0.1) is 19.8 Å². The van der Waals surface area contributed by atoms with Crippen molar-refractivity contribution < 1.29 is 9.59 Å². The summed E-state index contributed by atoms with van der Waals surface area (Å²) < 4.78 is 0. The van der Waals surface area contributed by atoms with Crippen LogP contribution in [-0.2, 0) is 9.59 Å². The van der Waals surface area contributed by atoms with Gasteiger partial charge in [0.1, 0.15) is 0 Å². The van der Waals surface area contributed by atoms with Gasteiger partial charge in [-0.1, -0.05) is 52.5 Å². The maximum absolute atomic E-state index is 12.6. The van der Waals surface area contributed by atoms with Crippen molar-refractivity contribution in [3.8, 4) is 0 Å². The highest BCUT2D eigenvalue weighted by molar-refractivity contribution is 6.44. The highest BCUT2D eigenvalue weighted by atomic mass is 35.5. The summed E-state index contributed by atoms with van der Waals surface area (Å²) in [6, 6.07) is 8.87. The van der Waals surface area contributed by atoms with Gasteiger partial charge in [0.25, 0.3) is 0 Å². The third kappa shape index (κ3) is 3.83. The van der Waals surface area contributed by atoms with Crippen molar-refractivity contribution in [2.45, 2.75) is 20.3 Å². The predicted octanol–water partition coefficient (Wildman–Crippen LogP) is 5.26. The molecule has 1 unspecified atom stereocenters. The molecule has 2 aromatic rings. The van der Waals surface area contributed by atoms with Gasteiger partial charge in [-0.15, -0.1) is 0 Å². The Bertz CT molecular complexity index is 899. The maximum atomic E-state index is 12.6. The van der Waals surface area contributed by atoms with Gasteiger partial charge in [0.15, 0.2) is 0 Å². The maximum Gasteiger partial charge on any atom is 0.229 e. The van der Waals surface area contributed by atoms with E-state index in [1.165, 1.54) is 12.1 Å². The largest absolute Gasteiger partial charge is 0.324 e. The number of aryl methyl sites for hydroxylation is 2. The second-order valence-electron chi connectivity index (χ2n) is 6.43. The summed E-state index contributed by atoms with van der Waals surface area (Å²) >= 11 is 18.0. The molecule has 1 N–H and O–H groups in total. The zero-order valence-electron chi connectivity index (χ0n) is 14.3. The molecule has 4 nitrogen and oxygen atoms in total. The lowest BCUT2D eigenvalue weighted by Gasteiger charge is -2.19. The highest BCUT2D eigenvalue weighted by Crippen LogP contribution is 2.34. The van der Waals surface area contributed by atoms with Crippen LogP contribution in [0.2, 0.25) is 15.1 Å². The lowest BCUT2D eigenvalue weighted by atomic mass is 10.1. The lowest BCUT2D eigenvalue weighted by Crippen LogP contribution is -2.28. The first kappa shape index (κ1) is 19.0. The SMILES string of the molecule is Cc1ccc(N2CC(C(=O)Nc3cc(Cl)c(Cl)cc3Cl)CC2=O)c(C)c1. The molecule has 1 atom stereocenters. The summed E-state index contributed by atoms with van der Waals surface area (Å²) in [5.41, 5.74) is 3.35. The van der Waals surface area contributed by atoms with Crippen LogP contribution in [0.1, 0.15) is 17.5 Å². The average Bonchev–Trinajstić information content (AvgIpc) is 2.94. The van der Waals surface area contributed by atoms with Crippen LogP contribution in [0.25, 0.3) is 0 Å². The fourth-order valence-electron chi connectivity index (χ4n) is 3.08. The number of hydrogen-bond acceptors (Lipinski definition) is 2. The molecule has 26 heavy (non-hydrogen) atoms. The number of carbonyl (C=O) groups is 2. The van der Waals surface area contributed by atoms with E-state index in [0.29, 0.717) is 27.3 Å². The van der Waals surface area contributed by atoms with E-state index in [0.717, 1.165) is 16.8 Å². The minimum Gasteiger partial charge on any atom is -0.324 e. The minimum atomic E-state index is -0.464. The fraction of sp³-hybridized carbons (Fsp3) is 0.263. The van der Waals surface area contributed by atoms with Crippen LogP contribution in [-0.4, -0.2) is 18.4 Å².